The lowest BCUT2D eigenvalue weighted by Crippen LogP contribution is -2.14. The standard InChI is InChI=1S/C21H19N5OS/c22-13-12-15-6-10-17(11-7-15)23-19(27)14-28-21-24-20(16-8-9-16)26(25-21)18-4-2-1-3-5-18/h1-7,10-11,16H,8-9,12,14H2,(H,23,27). The van der Waals surface area contributed by atoms with Gasteiger partial charge in [-0.3, -0.25) is 4.79 Å². The summed E-state index contributed by atoms with van der Waals surface area (Å²) in [5.41, 5.74) is 2.64. The van der Waals surface area contributed by atoms with Crippen LogP contribution < -0.4 is 5.32 Å². The molecule has 3 aromatic rings. The fourth-order valence-corrected chi connectivity index (χ4v) is 3.48. The average molecular weight is 389 g/mol. The van der Waals surface area contributed by atoms with E-state index in [1.807, 2.05) is 59.3 Å². The van der Waals surface area contributed by atoms with Crippen LogP contribution in [0.3, 0.4) is 0 Å². The molecule has 0 unspecified atom stereocenters. The van der Waals surface area contributed by atoms with Crippen molar-refractivity contribution in [3.8, 4) is 11.8 Å². The van der Waals surface area contributed by atoms with Crippen molar-refractivity contribution < 1.29 is 4.79 Å². The van der Waals surface area contributed by atoms with E-state index < -0.39 is 0 Å². The number of thioether (sulfide) groups is 1. The van der Waals surface area contributed by atoms with Gasteiger partial charge < -0.3 is 5.32 Å². The first kappa shape index (κ1) is 18.3. The van der Waals surface area contributed by atoms with E-state index in [1.165, 1.54) is 11.8 Å². The summed E-state index contributed by atoms with van der Waals surface area (Å²) in [7, 11) is 0. The van der Waals surface area contributed by atoms with E-state index in [4.69, 9.17) is 5.26 Å². The third kappa shape index (κ3) is 4.41. The summed E-state index contributed by atoms with van der Waals surface area (Å²) < 4.78 is 1.89. The number of carbonyl (C=O) groups excluding carboxylic acids is 1. The van der Waals surface area contributed by atoms with Crippen LogP contribution in [0.2, 0.25) is 0 Å². The number of hydrogen-bond donors (Lipinski definition) is 1. The molecule has 0 bridgehead atoms. The third-order valence-electron chi connectivity index (χ3n) is 4.41. The molecule has 4 rings (SSSR count). The number of aromatic nitrogens is 3. The smallest absolute Gasteiger partial charge is 0.234 e. The van der Waals surface area contributed by atoms with E-state index in [0.717, 1.165) is 29.9 Å². The Labute approximate surface area is 167 Å². The molecule has 1 N–H and O–H groups in total. The molecular formula is C21H19N5OS. The molecule has 2 aromatic carbocycles. The van der Waals surface area contributed by atoms with E-state index in [1.54, 1.807) is 0 Å². The van der Waals surface area contributed by atoms with Crippen LogP contribution in [0.15, 0.2) is 59.8 Å². The van der Waals surface area contributed by atoms with Crippen LogP contribution in [0.4, 0.5) is 5.69 Å². The molecule has 0 aliphatic heterocycles. The number of anilines is 1. The van der Waals surface area contributed by atoms with Crippen LogP contribution in [-0.2, 0) is 11.2 Å². The Morgan fingerprint density at radius 1 is 1.18 bits per heavy atom. The maximum atomic E-state index is 12.3. The minimum absolute atomic E-state index is 0.109. The Bertz CT molecular complexity index is 1000. The van der Waals surface area contributed by atoms with Crippen LogP contribution in [-0.4, -0.2) is 26.4 Å². The molecule has 140 valence electrons. The second-order valence-electron chi connectivity index (χ2n) is 6.64. The van der Waals surface area contributed by atoms with Crippen LogP contribution in [0.1, 0.15) is 30.1 Å². The van der Waals surface area contributed by atoms with Crippen LogP contribution in [0.5, 0.6) is 0 Å². The van der Waals surface area contributed by atoms with Gasteiger partial charge in [0.05, 0.1) is 23.9 Å². The van der Waals surface area contributed by atoms with E-state index in [2.05, 4.69) is 21.5 Å². The number of nitrogens with one attached hydrogen (secondary N) is 1. The van der Waals surface area contributed by atoms with Crippen molar-refractivity contribution in [3.05, 3.63) is 66.0 Å². The number of nitrogens with zero attached hydrogens (tertiary/aromatic N) is 4. The van der Waals surface area contributed by atoms with Gasteiger partial charge in [-0.1, -0.05) is 42.1 Å². The number of hydrogen-bond acceptors (Lipinski definition) is 5. The predicted octanol–water partition coefficient (Wildman–Crippen LogP) is 3.94. The third-order valence-corrected chi connectivity index (χ3v) is 5.25. The first-order valence-corrected chi connectivity index (χ1v) is 10.1. The molecule has 1 aliphatic rings. The summed E-state index contributed by atoms with van der Waals surface area (Å²) in [5, 5.41) is 16.8. The van der Waals surface area contributed by atoms with Gasteiger partial charge in [0.1, 0.15) is 5.82 Å². The van der Waals surface area contributed by atoms with Gasteiger partial charge in [0.25, 0.3) is 0 Å². The van der Waals surface area contributed by atoms with Gasteiger partial charge in [0, 0.05) is 11.6 Å². The maximum Gasteiger partial charge on any atom is 0.234 e. The van der Waals surface area contributed by atoms with Gasteiger partial charge in [-0.2, -0.15) is 5.26 Å². The lowest BCUT2D eigenvalue weighted by molar-refractivity contribution is -0.113. The van der Waals surface area contributed by atoms with Crippen molar-refractivity contribution in [2.75, 3.05) is 11.1 Å². The van der Waals surface area contributed by atoms with Gasteiger partial charge in [-0.05, 0) is 42.7 Å². The molecule has 6 nitrogen and oxygen atoms in total. The van der Waals surface area contributed by atoms with Crippen molar-refractivity contribution in [2.24, 2.45) is 0 Å². The Balaban J connectivity index is 1.39. The fourth-order valence-electron chi connectivity index (χ4n) is 2.85. The lowest BCUT2D eigenvalue weighted by atomic mass is 10.1. The highest BCUT2D eigenvalue weighted by atomic mass is 32.2. The molecule has 1 aromatic heterocycles. The van der Waals surface area contributed by atoms with Gasteiger partial charge in [-0.25, -0.2) is 9.67 Å². The van der Waals surface area contributed by atoms with Gasteiger partial charge >= 0.3 is 0 Å². The fraction of sp³-hybridized carbons (Fsp3) is 0.238. The molecule has 0 radical (unpaired) electrons. The monoisotopic (exact) mass is 389 g/mol. The number of nitriles is 1. The summed E-state index contributed by atoms with van der Waals surface area (Å²) in [6, 6.07) is 19.4. The molecule has 0 saturated heterocycles. The normalized spacial score (nSPS) is 13.1. The molecule has 0 atom stereocenters. The molecule has 28 heavy (non-hydrogen) atoms. The Morgan fingerprint density at radius 3 is 2.61 bits per heavy atom. The van der Waals surface area contributed by atoms with Crippen molar-refractivity contribution >= 4 is 23.4 Å². The van der Waals surface area contributed by atoms with Crippen molar-refractivity contribution in [2.45, 2.75) is 30.3 Å². The number of carbonyl (C=O) groups is 1. The molecule has 7 heteroatoms. The van der Waals surface area contributed by atoms with E-state index in [9.17, 15) is 4.79 Å². The molecule has 1 heterocycles. The van der Waals surface area contributed by atoms with E-state index in [-0.39, 0.29) is 11.7 Å². The average Bonchev–Trinajstić information content (AvgIpc) is 3.48. The lowest BCUT2D eigenvalue weighted by Gasteiger charge is -2.04. The summed E-state index contributed by atoms with van der Waals surface area (Å²) in [6.45, 7) is 0. The van der Waals surface area contributed by atoms with Crippen molar-refractivity contribution in [1.82, 2.24) is 14.8 Å². The topological polar surface area (TPSA) is 83.6 Å². The second kappa shape index (κ2) is 8.28. The minimum atomic E-state index is -0.109. The molecule has 1 aliphatic carbocycles. The SMILES string of the molecule is N#CCc1ccc(NC(=O)CSc2nc(C3CC3)n(-c3ccccc3)n2)cc1. The van der Waals surface area contributed by atoms with Crippen molar-refractivity contribution in [1.29, 1.82) is 5.26 Å². The first-order chi connectivity index (χ1) is 13.7. The summed E-state index contributed by atoms with van der Waals surface area (Å²) >= 11 is 1.34. The predicted molar refractivity (Wildman–Crippen MR) is 108 cm³/mol. The number of amides is 1. The largest absolute Gasteiger partial charge is 0.325 e. The minimum Gasteiger partial charge on any atom is -0.325 e. The second-order valence-corrected chi connectivity index (χ2v) is 7.59. The quantitative estimate of drug-likeness (QED) is 0.619. The first-order valence-electron chi connectivity index (χ1n) is 9.14. The van der Waals surface area contributed by atoms with Crippen LogP contribution in [0, 0.1) is 11.3 Å². The van der Waals surface area contributed by atoms with Crippen LogP contribution >= 0.6 is 11.8 Å². The number of para-hydroxylation sites is 1. The maximum absolute atomic E-state index is 12.3. The summed E-state index contributed by atoms with van der Waals surface area (Å²) in [5.74, 6) is 1.56. The Kier molecular flexibility index (Phi) is 5.40. The zero-order valence-electron chi connectivity index (χ0n) is 15.2. The zero-order chi connectivity index (χ0) is 19.3. The van der Waals surface area contributed by atoms with E-state index in [0.29, 0.717) is 23.2 Å². The highest BCUT2D eigenvalue weighted by Crippen LogP contribution is 2.40. The Morgan fingerprint density at radius 2 is 1.93 bits per heavy atom. The van der Waals surface area contributed by atoms with Gasteiger partial charge in [0.2, 0.25) is 11.1 Å². The summed E-state index contributed by atoms with van der Waals surface area (Å²) in [4.78, 5) is 16.9. The Hall–Kier alpha value is -3.11. The molecular weight excluding hydrogens is 370 g/mol. The number of benzene rings is 2. The van der Waals surface area contributed by atoms with Crippen LogP contribution in [0.25, 0.3) is 5.69 Å². The van der Waals surface area contributed by atoms with Gasteiger partial charge in [0.15, 0.2) is 0 Å². The molecule has 0 spiro atoms. The highest BCUT2D eigenvalue weighted by molar-refractivity contribution is 7.99. The van der Waals surface area contributed by atoms with E-state index >= 15 is 0 Å². The molecule has 1 amide bonds. The zero-order valence-corrected chi connectivity index (χ0v) is 16.0. The molecule has 1 saturated carbocycles. The molecule has 1 fully saturated rings. The van der Waals surface area contributed by atoms with Crippen molar-refractivity contribution in [3.63, 3.8) is 0 Å². The van der Waals surface area contributed by atoms with Gasteiger partial charge in [-0.15, -0.1) is 5.10 Å². The summed E-state index contributed by atoms with van der Waals surface area (Å²) in [6.07, 6.45) is 2.64. The highest BCUT2D eigenvalue weighted by Gasteiger charge is 2.30. The number of rotatable bonds is 7.